The van der Waals surface area contributed by atoms with Crippen molar-refractivity contribution in [2.45, 2.75) is 40.0 Å². The molecule has 0 aliphatic carbocycles. The molecule has 0 saturated heterocycles. The minimum atomic E-state index is -0.446. The van der Waals surface area contributed by atoms with E-state index in [1.54, 1.807) is 0 Å². The predicted octanol–water partition coefficient (Wildman–Crippen LogP) is 4.16. The number of aryl methyl sites for hydroxylation is 2. The lowest BCUT2D eigenvalue weighted by molar-refractivity contribution is 0.365. The minimum absolute atomic E-state index is 0.229. The van der Waals surface area contributed by atoms with Gasteiger partial charge in [0, 0.05) is 5.56 Å². The standard InChI is InChI=1S/C18H22O3/c1-4-11-7-12(5-2)9-13(8-11)15-10-16(19)18(21)17(20)14(15)6-3/h7-10,19-21H,4-6H2,1-3H3. The molecule has 0 aromatic heterocycles. The van der Waals surface area contributed by atoms with E-state index < -0.39 is 5.75 Å². The van der Waals surface area contributed by atoms with Crippen LogP contribution in [0.25, 0.3) is 11.1 Å². The summed E-state index contributed by atoms with van der Waals surface area (Å²) in [7, 11) is 0. The van der Waals surface area contributed by atoms with E-state index in [0.717, 1.165) is 24.0 Å². The molecule has 0 radical (unpaired) electrons. The Morgan fingerprint density at radius 1 is 0.714 bits per heavy atom. The Bertz CT molecular complexity index is 638. The van der Waals surface area contributed by atoms with Crippen molar-refractivity contribution < 1.29 is 15.3 Å². The van der Waals surface area contributed by atoms with E-state index in [9.17, 15) is 15.3 Å². The van der Waals surface area contributed by atoms with E-state index in [4.69, 9.17) is 0 Å². The van der Waals surface area contributed by atoms with Crippen molar-refractivity contribution in [2.75, 3.05) is 0 Å². The van der Waals surface area contributed by atoms with Gasteiger partial charge in [0.15, 0.2) is 11.5 Å². The molecule has 0 aliphatic rings. The molecule has 0 atom stereocenters. The minimum Gasteiger partial charge on any atom is -0.504 e. The van der Waals surface area contributed by atoms with Crippen molar-refractivity contribution in [3.63, 3.8) is 0 Å². The zero-order valence-electron chi connectivity index (χ0n) is 12.8. The van der Waals surface area contributed by atoms with Gasteiger partial charge in [0.2, 0.25) is 5.75 Å². The average molecular weight is 286 g/mol. The Morgan fingerprint density at radius 2 is 1.29 bits per heavy atom. The first-order chi connectivity index (χ1) is 10.0. The molecule has 3 N–H and O–H groups in total. The Morgan fingerprint density at radius 3 is 1.76 bits per heavy atom. The predicted molar refractivity (Wildman–Crippen MR) is 85.0 cm³/mol. The number of rotatable bonds is 4. The van der Waals surface area contributed by atoms with E-state index in [1.807, 2.05) is 6.92 Å². The highest BCUT2D eigenvalue weighted by molar-refractivity contribution is 5.76. The molecule has 2 aromatic rings. The molecule has 112 valence electrons. The second-order valence-corrected chi connectivity index (χ2v) is 5.22. The van der Waals surface area contributed by atoms with Gasteiger partial charge in [0.1, 0.15) is 0 Å². The van der Waals surface area contributed by atoms with E-state index in [0.29, 0.717) is 12.0 Å². The monoisotopic (exact) mass is 286 g/mol. The quantitative estimate of drug-likeness (QED) is 0.740. The van der Waals surface area contributed by atoms with Crippen LogP contribution in [0.5, 0.6) is 17.2 Å². The molecule has 0 fully saturated rings. The lowest BCUT2D eigenvalue weighted by Crippen LogP contribution is -1.93. The molecule has 0 aliphatic heterocycles. The fourth-order valence-corrected chi connectivity index (χ4v) is 2.63. The summed E-state index contributed by atoms with van der Waals surface area (Å²) in [5, 5.41) is 29.6. The van der Waals surface area contributed by atoms with Gasteiger partial charge in [-0.3, -0.25) is 0 Å². The van der Waals surface area contributed by atoms with Crippen molar-refractivity contribution in [3.8, 4) is 28.4 Å². The lowest BCUT2D eigenvalue weighted by atomic mass is 9.92. The molecule has 3 heteroatoms. The van der Waals surface area contributed by atoms with Crippen LogP contribution in [0, 0.1) is 0 Å². The van der Waals surface area contributed by atoms with Crippen molar-refractivity contribution >= 4 is 0 Å². The molecule has 0 bridgehead atoms. The summed E-state index contributed by atoms with van der Waals surface area (Å²) in [5.41, 5.74) is 4.83. The topological polar surface area (TPSA) is 60.7 Å². The Balaban J connectivity index is 2.71. The van der Waals surface area contributed by atoms with Crippen molar-refractivity contribution in [3.05, 3.63) is 41.0 Å². The van der Waals surface area contributed by atoms with Crippen LogP contribution in [-0.2, 0) is 19.3 Å². The maximum atomic E-state index is 10.1. The van der Waals surface area contributed by atoms with Crippen LogP contribution >= 0.6 is 0 Å². The first-order valence-corrected chi connectivity index (χ1v) is 7.41. The maximum absolute atomic E-state index is 10.1. The van der Waals surface area contributed by atoms with Crippen molar-refractivity contribution in [2.24, 2.45) is 0 Å². The van der Waals surface area contributed by atoms with Crippen LogP contribution in [0.4, 0.5) is 0 Å². The van der Waals surface area contributed by atoms with E-state index in [-0.39, 0.29) is 11.5 Å². The Hall–Kier alpha value is -2.16. The molecular weight excluding hydrogens is 264 g/mol. The highest BCUT2D eigenvalue weighted by Gasteiger charge is 2.17. The van der Waals surface area contributed by atoms with Crippen LogP contribution in [0.1, 0.15) is 37.5 Å². The highest BCUT2D eigenvalue weighted by Crippen LogP contribution is 2.43. The summed E-state index contributed by atoms with van der Waals surface area (Å²) in [6, 6.07) is 7.85. The number of hydrogen-bond acceptors (Lipinski definition) is 3. The molecule has 2 aromatic carbocycles. The highest BCUT2D eigenvalue weighted by atomic mass is 16.3. The third-order valence-electron chi connectivity index (χ3n) is 3.89. The van der Waals surface area contributed by atoms with Crippen molar-refractivity contribution in [1.82, 2.24) is 0 Å². The van der Waals surface area contributed by atoms with Gasteiger partial charge in [-0.15, -0.1) is 0 Å². The molecule has 0 spiro atoms. The van der Waals surface area contributed by atoms with Crippen LogP contribution < -0.4 is 0 Å². The number of hydrogen-bond donors (Lipinski definition) is 3. The van der Waals surface area contributed by atoms with Gasteiger partial charge in [-0.05, 0) is 47.6 Å². The second-order valence-electron chi connectivity index (χ2n) is 5.22. The van der Waals surface area contributed by atoms with Gasteiger partial charge in [-0.2, -0.15) is 0 Å². The fraction of sp³-hybridized carbons (Fsp3) is 0.333. The van der Waals surface area contributed by atoms with Crippen LogP contribution in [-0.4, -0.2) is 15.3 Å². The fourth-order valence-electron chi connectivity index (χ4n) is 2.63. The summed E-state index contributed by atoms with van der Waals surface area (Å²) >= 11 is 0. The number of phenolic OH excluding ortho intramolecular Hbond substituents is 3. The first-order valence-electron chi connectivity index (χ1n) is 7.41. The molecule has 2 rings (SSSR count). The van der Waals surface area contributed by atoms with E-state index in [2.05, 4.69) is 32.0 Å². The first kappa shape index (κ1) is 15.2. The zero-order chi connectivity index (χ0) is 15.6. The normalized spacial score (nSPS) is 10.8. The summed E-state index contributed by atoms with van der Waals surface area (Å²) in [6.45, 7) is 6.12. The largest absolute Gasteiger partial charge is 0.504 e. The van der Waals surface area contributed by atoms with Crippen LogP contribution in [0.3, 0.4) is 0 Å². The Kier molecular flexibility index (Phi) is 4.41. The lowest BCUT2D eigenvalue weighted by Gasteiger charge is -2.15. The zero-order valence-corrected chi connectivity index (χ0v) is 12.8. The SMILES string of the molecule is CCc1cc(CC)cc(-c2cc(O)c(O)c(O)c2CC)c1. The summed E-state index contributed by atoms with van der Waals surface area (Å²) < 4.78 is 0. The maximum Gasteiger partial charge on any atom is 0.200 e. The van der Waals surface area contributed by atoms with Gasteiger partial charge < -0.3 is 15.3 Å². The molecule has 3 nitrogen and oxygen atoms in total. The van der Waals surface area contributed by atoms with E-state index in [1.165, 1.54) is 17.2 Å². The molecule has 0 heterocycles. The average Bonchev–Trinajstić information content (AvgIpc) is 2.51. The summed E-state index contributed by atoms with van der Waals surface area (Å²) in [5.74, 6) is -0.968. The van der Waals surface area contributed by atoms with Gasteiger partial charge >= 0.3 is 0 Å². The summed E-state index contributed by atoms with van der Waals surface area (Å²) in [4.78, 5) is 0. The molecule has 0 unspecified atom stereocenters. The third-order valence-corrected chi connectivity index (χ3v) is 3.89. The number of phenols is 3. The van der Waals surface area contributed by atoms with Gasteiger partial charge in [-0.25, -0.2) is 0 Å². The molecule has 0 amide bonds. The van der Waals surface area contributed by atoms with Crippen molar-refractivity contribution in [1.29, 1.82) is 0 Å². The smallest absolute Gasteiger partial charge is 0.200 e. The molecule has 0 saturated carbocycles. The van der Waals surface area contributed by atoms with Gasteiger partial charge in [0.25, 0.3) is 0 Å². The van der Waals surface area contributed by atoms with Gasteiger partial charge in [-0.1, -0.05) is 39.0 Å². The van der Waals surface area contributed by atoms with Crippen LogP contribution in [0.15, 0.2) is 24.3 Å². The van der Waals surface area contributed by atoms with Crippen LogP contribution in [0.2, 0.25) is 0 Å². The molecule has 21 heavy (non-hydrogen) atoms. The summed E-state index contributed by atoms with van der Waals surface area (Å²) in [6.07, 6.45) is 2.43. The second kappa shape index (κ2) is 6.08. The molecular formula is C18H22O3. The number of aromatic hydroxyl groups is 3. The third kappa shape index (κ3) is 2.82. The van der Waals surface area contributed by atoms with E-state index >= 15 is 0 Å². The number of benzene rings is 2. The Labute approximate surface area is 125 Å². The van der Waals surface area contributed by atoms with Gasteiger partial charge in [0.05, 0.1) is 0 Å².